The highest BCUT2D eigenvalue weighted by Crippen LogP contribution is 2.21. The Morgan fingerprint density at radius 2 is 2.00 bits per heavy atom. The first kappa shape index (κ1) is 10.2. The van der Waals surface area contributed by atoms with Crippen molar-refractivity contribution in [2.75, 3.05) is 14.2 Å². The van der Waals surface area contributed by atoms with Gasteiger partial charge in [-0.25, -0.2) is 9.59 Å². The summed E-state index contributed by atoms with van der Waals surface area (Å²) in [6, 6.07) is -1.26. The van der Waals surface area contributed by atoms with Gasteiger partial charge >= 0.3 is 11.9 Å². The summed E-state index contributed by atoms with van der Waals surface area (Å²) in [4.78, 5) is 21.9. The Balaban J connectivity index is 2.91. The van der Waals surface area contributed by atoms with E-state index < -0.39 is 23.7 Å². The fraction of sp³-hybridized carbons (Fsp3) is 0.429. The van der Waals surface area contributed by atoms with Crippen LogP contribution in [0.2, 0.25) is 0 Å². The SMILES string of the molecule is COC(=O)C1=C(O)[C@H](C(=O)OC)N=N1. The average molecular weight is 200 g/mol. The van der Waals surface area contributed by atoms with Crippen LogP contribution in [0.1, 0.15) is 0 Å². The van der Waals surface area contributed by atoms with Gasteiger partial charge in [-0.2, -0.15) is 5.11 Å². The first-order valence-corrected chi connectivity index (χ1v) is 3.62. The fourth-order valence-electron chi connectivity index (χ4n) is 0.863. The van der Waals surface area contributed by atoms with Crippen LogP contribution in [0.25, 0.3) is 0 Å². The van der Waals surface area contributed by atoms with Gasteiger partial charge in [-0.1, -0.05) is 0 Å². The van der Waals surface area contributed by atoms with Gasteiger partial charge in [0.2, 0.25) is 11.7 Å². The Kier molecular flexibility index (Phi) is 2.80. The van der Waals surface area contributed by atoms with E-state index in [9.17, 15) is 14.7 Å². The molecule has 7 heteroatoms. The number of hydrogen-bond donors (Lipinski definition) is 1. The van der Waals surface area contributed by atoms with Crippen molar-refractivity contribution < 1.29 is 24.2 Å². The van der Waals surface area contributed by atoms with Crippen LogP contribution in [0.4, 0.5) is 0 Å². The maximum absolute atomic E-state index is 11.0. The summed E-state index contributed by atoms with van der Waals surface area (Å²) >= 11 is 0. The summed E-state index contributed by atoms with van der Waals surface area (Å²) in [5, 5.41) is 16.0. The van der Waals surface area contributed by atoms with Gasteiger partial charge in [0.25, 0.3) is 0 Å². The van der Waals surface area contributed by atoms with Crippen LogP contribution in [-0.2, 0) is 19.1 Å². The van der Waals surface area contributed by atoms with E-state index in [0.717, 1.165) is 14.2 Å². The first-order valence-electron chi connectivity index (χ1n) is 3.62. The minimum Gasteiger partial charge on any atom is -0.507 e. The lowest BCUT2D eigenvalue weighted by molar-refractivity contribution is -0.141. The number of aliphatic hydroxyl groups is 1. The van der Waals surface area contributed by atoms with E-state index in [0.29, 0.717) is 0 Å². The second-order valence-electron chi connectivity index (χ2n) is 2.37. The third-order valence-electron chi connectivity index (χ3n) is 1.58. The molecule has 0 aliphatic carbocycles. The maximum atomic E-state index is 11.0. The van der Waals surface area contributed by atoms with Crippen LogP contribution in [-0.4, -0.2) is 37.3 Å². The molecule has 0 amide bonds. The Morgan fingerprint density at radius 1 is 1.36 bits per heavy atom. The molecular formula is C7H8N2O5. The fourth-order valence-corrected chi connectivity index (χ4v) is 0.863. The van der Waals surface area contributed by atoms with Crippen molar-refractivity contribution in [3.63, 3.8) is 0 Å². The number of azo groups is 1. The van der Waals surface area contributed by atoms with Crippen LogP contribution in [0.3, 0.4) is 0 Å². The molecule has 0 fully saturated rings. The van der Waals surface area contributed by atoms with Gasteiger partial charge in [0, 0.05) is 0 Å². The summed E-state index contributed by atoms with van der Waals surface area (Å²) < 4.78 is 8.63. The summed E-state index contributed by atoms with van der Waals surface area (Å²) in [6.07, 6.45) is 0. The second-order valence-corrected chi connectivity index (χ2v) is 2.37. The van der Waals surface area contributed by atoms with E-state index in [2.05, 4.69) is 19.7 Å². The van der Waals surface area contributed by atoms with Gasteiger partial charge in [-0.15, -0.1) is 5.11 Å². The number of carbonyl (C=O) groups is 2. The van der Waals surface area contributed by atoms with Gasteiger partial charge in [0.15, 0.2) is 5.76 Å². The highest BCUT2D eigenvalue weighted by molar-refractivity contribution is 5.91. The molecule has 0 aromatic rings. The molecular weight excluding hydrogens is 192 g/mol. The highest BCUT2D eigenvalue weighted by Gasteiger charge is 2.34. The minimum absolute atomic E-state index is 0.372. The highest BCUT2D eigenvalue weighted by atomic mass is 16.5. The summed E-state index contributed by atoms with van der Waals surface area (Å²) in [5.41, 5.74) is -0.372. The number of ether oxygens (including phenoxy) is 2. The van der Waals surface area contributed by atoms with Crippen LogP contribution in [0, 0.1) is 0 Å². The monoisotopic (exact) mass is 200 g/mol. The Labute approximate surface area is 79.0 Å². The molecule has 0 aromatic heterocycles. The minimum atomic E-state index is -1.26. The van der Waals surface area contributed by atoms with Gasteiger partial charge in [-0.3, -0.25) is 0 Å². The number of rotatable bonds is 2. The molecule has 0 bridgehead atoms. The lowest BCUT2D eigenvalue weighted by Gasteiger charge is -2.02. The molecule has 7 nitrogen and oxygen atoms in total. The molecule has 1 aliphatic rings. The molecule has 0 saturated carbocycles. The van der Waals surface area contributed by atoms with Gasteiger partial charge in [0.1, 0.15) is 0 Å². The number of nitrogens with zero attached hydrogens (tertiary/aromatic N) is 2. The zero-order valence-corrected chi connectivity index (χ0v) is 7.55. The van der Waals surface area contributed by atoms with Crippen LogP contribution < -0.4 is 0 Å². The van der Waals surface area contributed by atoms with Crippen LogP contribution in [0.15, 0.2) is 21.7 Å². The molecule has 0 aromatic carbocycles. The molecule has 1 N–H and O–H groups in total. The van der Waals surface area contributed by atoms with Crippen molar-refractivity contribution in [3.05, 3.63) is 11.5 Å². The summed E-state index contributed by atoms with van der Waals surface area (Å²) in [5.74, 6) is -2.19. The lowest BCUT2D eigenvalue weighted by Crippen LogP contribution is -2.21. The largest absolute Gasteiger partial charge is 0.507 e. The summed E-state index contributed by atoms with van der Waals surface area (Å²) in [6.45, 7) is 0. The zero-order chi connectivity index (χ0) is 10.7. The van der Waals surface area contributed by atoms with Crippen molar-refractivity contribution in [3.8, 4) is 0 Å². The molecule has 1 heterocycles. The van der Waals surface area contributed by atoms with Gasteiger partial charge < -0.3 is 14.6 Å². The lowest BCUT2D eigenvalue weighted by atomic mass is 10.2. The molecule has 14 heavy (non-hydrogen) atoms. The van der Waals surface area contributed by atoms with Crippen molar-refractivity contribution >= 4 is 11.9 Å². The second kappa shape index (κ2) is 3.86. The van der Waals surface area contributed by atoms with Crippen molar-refractivity contribution in [1.82, 2.24) is 0 Å². The van der Waals surface area contributed by atoms with E-state index in [4.69, 9.17) is 0 Å². The molecule has 1 aliphatic heterocycles. The van der Waals surface area contributed by atoms with Crippen molar-refractivity contribution in [2.24, 2.45) is 10.2 Å². The number of aliphatic hydroxyl groups excluding tert-OH is 1. The van der Waals surface area contributed by atoms with E-state index in [1.165, 1.54) is 0 Å². The zero-order valence-electron chi connectivity index (χ0n) is 7.55. The first-order chi connectivity index (χ1) is 6.61. The Morgan fingerprint density at radius 3 is 2.50 bits per heavy atom. The maximum Gasteiger partial charge on any atom is 0.362 e. The van der Waals surface area contributed by atoms with E-state index in [-0.39, 0.29) is 5.70 Å². The number of esters is 2. The number of methoxy groups -OCH3 is 2. The number of hydrogen-bond acceptors (Lipinski definition) is 7. The molecule has 1 rings (SSSR count). The predicted molar refractivity (Wildman–Crippen MR) is 42.3 cm³/mol. The normalized spacial score (nSPS) is 19.7. The average Bonchev–Trinajstić information content (AvgIpc) is 2.58. The van der Waals surface area contributed by atoms with E-state index in [1.807, 2.05) is 0 Å². The predicted octanol–water partition coefficient (Wildman–Crippen LogP) is -0.0636. The molecule has 1 atom stereocenters. The number of carbonyl (C=O) groups excluding carboxylic acids is 2. The topological polar surface area (TPSA) is 97.5 Å². The third kappa shape index (κ3) is 1.56. The molecule has 0 saturated heterocycles. The van der Waals surface area contributed by atoms with E-state index in [1.54, 1.807) is 0 Å². The molecule has 0 spiro atoms. The smallest absolute Gasteiger partial charge is 0.362 e. The molecule has 76 valence electrons. The summed E-state index contributed by atoms with van der Waals surface area (Å²) in [7, 11) is 2.27. The standard InChI is InChI=1S/C7H8N2O5/c1-13-6(11)3-5(10)4(9-8-3)7(12)14-2/h3,10H,1-2H3/t3-/m1/s1. The molecule has 0 unspecified atom stereocenters. The van der Waals surface area contributed by atoms with Crippen LogP contribution in [0.5, 0.6) is 0 Å². The van der Waals surface area contributed by atoms with Gasteiger partial charge in [-0.05, 0) is 0 Å². The van der Waals surface area contributed by atoms with Crippen molar-refractivity contribution in [1.29, 1.82) is 0 Å². The Bertz CT molecular complexity index is 333. The molecule has 0 radical (unpaired) electrons. The quantitative estimate of drug-likeness (QED) is 0.629. The van der Waals surface area contributed by atoms with Crippen molar-refractivity contribution in [2.45, 2.75) is 6.04 Å². The van der Waals surface area contributed by atoms with Crippen LogP contribution >= 0.6 is 0 Å². The third-order valence-corrected chi connectivity index (χ3v) is 1.58. The van der Waals surface area contributed by atoms with Gasteiger partial charge in [0.05, 0.1) is 14.2 Å². The Hall–Kier alpha value is -1.92. The van der Waals surface area contributed by atoms with E-state index >= 15 is 0 Å².